The molecule has 0 fully saturated rings. The summed E-state index contributed by atoms with van der Waals surface area (Å²) in [4.78, 5) is 20.4. The average molecular weight is 302 g/mol. The van der Waals surface area contributed by atoms with E-state index in [9.17, 15) is 4.79 Å². The number of amides is 1. The van der Waals surface area contributed by atoms with Crippen LogP contribution in [0.2, 0.25) is 5.15 Å². The minimum atomic E-state index is -0.313. The molecule has 2 heterocycles. The molecule has 0 aliphatic heterocycles. The predicted octanol–water partition coefficient (Wildman–Crippen LogP) is 3.69. The number of oxazole rings is 1. The summed E-state index contributed by atoms with van der Waals surface area (Å²) < 4.78 is 5.53. The van der Waals surface area contributed by atoms with Crippen LogP contribution in [0.3, 0.4) is 0 Å². The second kappa shape index (κ2) is 5.54. The van der Waals surface area contributed by atoms with E-state index in [4.69, 9.17) is 16.0 Å². The van der Waals surface area contributed by atoms with E-state index in [1.54, 1.807) is 30.3 Å². The van der Waals surface area contributed by atoms with Gasteiger partial charge in [-0.05, 0) is 30.3 Å². The van der Waals surface area contributed by atoms with Gasteiger partial charge in [-0.15, -0.1) is 0 Å². The highest BCUT2D eigenvalue weighted by Gasteiger charge is 2.12. The van der Waals surface area contributed by atoms with Gasteiger partial charge in [0.05, 0.1) is 5.56 Å². The fraction of sp³-hybridized carbons (Fsp3) is 0.133. The lowest BCUT2D eigenvalue weighted by Gasteiger charge is -2.05. The number of benzene rings is 1. The number of nitrogens with zero attached hydrogens (tertiary/aromatic N) is 2. The van der Waals surface area contributed by atoms with Crippen LogP contribution in [-0.2, 0) is 6.42 Å². The predicted molar refractivity (Wildman–Crippen MR) is 80.6 cm³/mol. The lowest BCUT2D eigenvalue weighted by molar-refractivity contribution is 0.102. The summed E-state index contributed by atoms with van der Waals surface area (Å²) in [5.74, 6) is 0.357. The van der Waals surface area contributed by atoms with Crippen LogP contribution in [0.5, 0.6) is 0 Å². The summed E-state index contributed by atoms with van der Waals surface area (Å²) in [6.07, 6.45) is 2.26. The van der Waals surface area contributed by atoms with Crippen molar-refractivity contribution < 1.29 is 9.21 Å². The van der Waals surface area contributed by atoms with Crippen molar-refractivity contribution in [2.45, 2.75) is 13.3 Å². The molecular formula is C15H12ClN3O2. The molecule has 2 aromatic heterocycles. The van der Waals surface area contributed by atoms with Gasteiger partial charge in [0.25, 0.3) is 5.91 Å². The molecule has 21 heavy (non-hydrogen) atoms. The molecule has 0 spiro atoms. The number of pyridine rings is 1. The van der Waals surface area contributed by atoms with Crippen LogP contribution in [0.1, 0.15) is 23.2 Å². The number of fused-ring (bicyclic) bond motifs is 1. The number of aryl methyl sites for hydroxylation is 1. The zero-order valence-corrected chi connectivity index (χ0v) is 12.0. The first-order valence-electron chi connectivity index (χ1n) is 6.48. The zero-order chi connectivity index (χ0) is 14.8. The minimum Gasteiger partial charge on any atom is -0.441 e. The van der Waals surface area contributed by atoms with E-state index < -0.39 is 0 Å². The molecule has 1 aromatic carbocycles. The topological polar surface area (TPSA) is 68.0 Å². The highest BCUT2D eigenvalue weighted by atomic mass is 35.5. The SMILES string of the molecule is CCc1nc2cc(NC(=O)c3cccnc3Cl)ccc2o1. The zero-order valence-electron chi connectivity index (χ0n) is 11.3. The Labute approximate surface area is 126 Å². The van der Waals surface area contributed by atoms with Gasteiger partial charge in [-0.1, -0.05) is 18.5 Å². The molecule has 5 nitrogen and oxygen atoms in total. The molecule has 0 saturated carbocycles. The summed E-state index contributed by atoms with van der Waals surface area (Å²) >= 11 is 5.90. The third kappa shape index (κ3) is 2.73. The second-order valence-electron chi connectivity index (χ2n) is 4.44. The summed E-state index contributed by atoms with van der Waals surface area (Å²) in [7, 11) is 0. The Morgan fingerprint density at radius 2 is 2.24 bits per heavy atom. The fourth-order valence-corrected chi connectivity index (χ4v) is 2.16. The molecule has 0 unspecified atom stereocenters. The van der Waals surface area contributed by atoms with E-state index in [1.165, 1.54) is 6.20 Å². The number of carbonyl (C=O) groups excluding carboxylic acids is 1. The Balaban J connectivity index is 1.87. The average Bonchev–Trinajstić information content (AvgIpc) is 2.90. The number of hydrogen-bond acceptors (Lipinski definition) is 4. The molecule has 0 radical (unpaired) electrons. The Bertz CT molecular complexity index is 814. The molecule has 106 valence electrons. The van der Waals surface area contributed by atoms with Crippen LogP contribution in [0.4, 0.5) is 5.69 Å². The maximum absolute atomic E-state index is 12.2. The first-order chi connectivity index (χ1) is 10.2. The Hall–Kier alpha value is -2.40. The van der Waals surface area contributed by atoms with Gasteiger partial charge >= 0.3 is 0 Å². The van der Waals surface area contributed by atoms with Crippen molar-refractivity contribution in [2.24, 2.45) is 0 Å². The van der Waals surface area contributed by atoms with Crippen molar-refractivity contribution in [1.29, 1.82) is 0 Å². The first kappa shape index (κ1) is 13.6. The van der Waals surface area contributed by atoms with Crippen molar-refractivity contribution in [3.8, 4) is 0 Å². The summed E-state index contributed by atoms with van der Waals surface area (Å²) in [5.41, 5.74) is 2.36. The van der Waals surface area contributed by atoms with E-state index in [0.717, 1.165) is 6.42 Å². The maximum atomic E-state index is 12.2. The fourth-order valence-electron chi connectivity index (χ4n) is 1.96. The van der Waals surface area contributed by atoms with Gasteiger partial charge in [0, 0.05) is 18.3 Å². The summed E-state index contributed by atoms with van der Waals surface area (Å²) in [5, 5.41) is 2.95. The lowest BCUT2D eigenvalue weighted by Crippen LogP contribution is -2.12. The molecule has 1 N–H and O–H groups in total. The largest absolute Gasteiger partial charge is 0.441 e. The molecule has 1 amide bonds. The van der Waals surface area contributed by atoms with Crippen molar-refractivity contribution in [1.82, 2.24) is 9.97 Å². The minimum absolute atomic E-state index is 0.172. The van der Waals surface area contributed by atoms with Gasteiger partial charge in [-0.25, -0.2) is 9.97 Å². The number of nitrogens with one attached hydrogen (secondary N) is 1. The van der Waals surface area contributed by atoms with Crippen LogP contribution in [-0.4, -0.2) is 15.9 Å². The van der Waals surface area contributed by atoms with Crippen LogP contribution >= 0.6 is 11.6 Å². The molecule has 0 atom stereocenters. The van der Waals surface area contributed by atoms with Gasteiger partial charge in [0.15, 0.2) is 11.5 Å². The number of rotatable bonds is 3. The Morgan fingerprint density at radius 1 is 1.38 bits per heavy atom. The third-order valence-electron chi connectivity index (χ3n) is 3.00. The lowest BCUT2D eigenvalue weighted by atomic mass is 10.2. The van der Waals surface area contributed by atoms with E-state index in [1.807, 2.05) is 6.92 Å². The van der Waals surface area contributed by atoms with Gasteiger partial charge in [0.2, 0.25) is 0 Å². The summed E-state index contributed by atoms with van der Waals surface area (Å²) in [6.45, 7) is 1.97. The third-order valence-corrected chi connectivity index (χ3v) is 3.30. The van der Waals surface area contributed by atoms with Crippen molar-refractivity contribution in [3.05, 3.63) is 53.1 Å². The van der Waals surface area contributed by atoms with Gasteiger partial charge in [-0.2, -0.15) is 0 Å². The van der Waals surface area contributed by atoms with Crippen LogP contribution in [0, 0.1) is 0 Å². The van der Waals surface area contributed by atoms with E-state index in [0.29, 0.717) is 28.2 Å². The normalized spacial score (nSPS) is 10.8. The highest BCUT2D eigenvalue weighted by molar-refractivity contribution is 6.33. The van der Waals surface area contributed by atoms with Crippen LogP contribution < -0.4 is 5.32 Å². The summed E-state index contributed by atoms with van der Waals surface area (Å²) in [6, 6.07) is 8.58. The molecule has 3 rings (SSSR count). The van der Waals surface area contributed by atoms with E-state index >= 15 is 0 Å². The van der Waals surface area contributed by atoms with Crippen molar-refractivity contribution >= 4 is 34.3 Å². The molecule has 3 aromatic rings. The van der Waals surface area contributed by atoms with E-state index in [-0.39, 0.29) is 11.1 Å². The Morgan fingerprint density at radius 3 is 3.00 bits per heavy atom. The van der Waals surface area contributed by atoms with Gasteiger partial charge in [0.1, 0.15) is 10.7 Å². The monoisotopic (exact) mass is 301 g/mol. The highest BCUT2D eigenvalue weighted by Crippen LogP contribution is 2.21. The van der Waals surface area contributed by atoms with E-state index in [2.05, 4.69) is 15.3 Å². The second-order valence-corrected chi connectivity index (χ2v) is 4.80. The number of anilines is 1. The number of carbonyl (C=O) groups is 1. The molecular weight excluding hydrogens is 290 g/mol. The standard InChI is InChI=1S/C15H12ClN3O2/c1-2-13-19-11-8-9(5-6-12(11)21-13)18-15(20)10-4-3-7-17-14(10)16/h3-8H,2H2,1H3,(H,18,20). The number of halogens is 1. The van der Waals surface area contributed by atoms with Gasteiger partial charge < -0.3 is 9.73 Å². The molecule has 0 saturated heterocycles. The van der Waals surface area contributed by atoms with Crippen molar-refractivity contribution in [2.75, 3.05) is 5.32 Å². The molecule has 0 aliphatic rings. The maximum Gasteiger partial charge on any atom is 0.258 e. The molecule has 6 heteroatoms. The number of aromatic nitrogens is 2. The number of hydrogen-bond donors (Lipinski definition) is 1. The quantitative estimate of drug-likeness (QED) is 0.749. The molecule has 0 aliphatic carbocycles. The van der Waals surface area contributed by atoms with Crippen LogP contribution in [0.15, 0.2) is 40.9 Å². The molecule has 0 bridgehead atoms. The first-order valence-corrected chi connectivity index (χ1v) is 6.86. The smallest absolute Gasteiger partial charge is 0.258 e. The van der Waals surface area contributed by atoms with Crippen LogP contribution in [0.25, 0.3) is 11.1 Å². The Kier molecular flexibility index (Phi) is 3.58. The van der Waals surface area contributed by atoms with Crippen molar-refractivity contribution in [3.63, 3.8) is 0 Å². The van der Waals surface area contributed by atoms with Gasteiger partial charge in [-0.3, -0.25) is 4.79 Å².